The molecule has 0 unspecified atom stereocenters. The fourth-order valence-electron chi connectivity index (χ4n) is 3.28. The quantitative estimate of drug-likeness (QED) is 0.618. The van der Waals surface area contributed by atoms with Crippen LogP contribution in [-0.4, -0.2) is 15.4 Å². The summed E-state index contributed by atoms with van der Waals surface area (Å²) in [4.78, 5) is 0. The molecular weight excluding hydrogens is 326 g/mol. The van der Waals surface area contributed by atoms with Gasteiger partial charge in [0.2, 0.25) is 0 Å². The van der Waals surface area contributed by atoms with E-state index in [-0.39, 0.29) is 0 Å². The van der Waals surface area contributed by atoms with Gasteiger partial charge in [0.25, 0.3) is 8.32 Å². The second kappa shape index (κ2) is 8.22. The molecule has 0 aliphatic heterocycles. The van der Waals surface area contributed by atoms with E-state index in [1.165, 1.54) is 5.56 Å². The number of ether oxygens (including phenoxy) is 1. The maximum Gasteiger partial charge on any atom is 0.260 e. The molecule has 2 aromatic rings. The molecule has 0 aromatic heterocycles. The lowest BCUT2D eigenvalue weighted by molar-refractivity contribution is 0.413. The Morgan fingerprint density at radius 1 is 1.00 bits per heavy atom. The van der Waals surface area contributed by atoms with E-state index in [2.05, 4.69) is 58.0 Å². The molecular formula is C21H27NO2Si. The van der Waals surface area contributed by atoms with Crippen LogP contribution in [0.15, 0.2) is 48.5 Å². The lowest BCUT2D eigenvalue weighted by Crippen LogP contribution is -2.50. The van der Waals surface area contributed by atoms with Crippen LogP contribution >= 0.6 is 0 Å². The van der Waals surface area contributed by atoms with Gasteiger partial charge in [-0.05, 0) is 28.8 Å². The first kappa shape index (κ1) is 19.1. The molecule has 0 atom stereocenters. The summed E-state index contributed by atoms with van der Waals surface area (Å²) in [6.45, 7) is 8.96. The van der Waals surface area contributed by atoms with Crippen molar-refractivity contribution in [1.82, 2.24) is 0 Å². The van der Waals surface area contributed by atoms with E-state index in [0.29, 0.717) is 28.1 Å². The Morgan fingerprint density at radius 3 is 2.16 bits per heavy atom. The zero-order valence-electron chi connectivity index (χ0n) is 15.7. The summed E-state index contributed by atoms with van der Waals surface area (Å²) in [5.74, 6) is 1.35. The third kappa shape index (κ3) is 4.24. The third-order valence-corrected chi connectivity index (χ3v) is 10.4. The lowest BCUT2D eigenvalue weighted by atomic mass is 10.2. The van der Waals surface area contributed by atoms with Gasteiger partial charge in [-0.15, -0.1) is 0 Å². The highest BCUT2D eigenvalue weighted by Crippen LogP contribution is 2.38. The molecule has 0 radical (unpaired) electrons. The summed E-state index contributed by atoms with van der Waals surface area (Å²) in [6.07, 6.45) is 0. The van der Waals surface area contributed by atoms with Crippen LogP contribution in [-0.2, 0) is 6.04 Å². The van der Waals surface area contributed by atoms with Gasteiger partial charge in [-0.25, -0.2) is 0 Å². The van der Waals surface area contributed by atoms with E-state index in [0.717, 1.165) is 6.04 Å². The van der Waals surface area contributed by atoms with Gasteiger partial charge < -0.3 is 9.16 Å². The highest BCUT2D eigenvalue weighted by molar-refractivity contribution is 6.76. The predicted molar refractivity (Wildman–Crippen MR) is 104 cm³/mol. The first-order valence-electron chi connectivity index (χ1n) is 8.74. The van der Waals surface area contributed by atoms with Crippen LogP contribution in [0.3, 0.4) is 0 Å². The number of nitrogens with zero attached hydrogens (tertiary/aromatic N) is 1. The minimum Gasteiger partial charge on any atom is -0.542 e. The molecule has 0 aliphatic rings. The molecule has 0 spiro atoms. The molecule has 0 N–H and O–H groups in total. The fraction of sp³-hybridized carbons (Fsp3) is 0.381. The third-order valence-electron chi connectivity index (χ3n) is 4.88. The predicted octanol–water partition coefficient (Wildman–Crippen LogP) is 5.49. The van der Waals surface area contributed by atoms with Crippen molar-refractivity contribution >= 4 is 8.32 Å². The minimum absolute atomic E-state index is 0.418. The van der Waals surface area contributed by atoms with Crippen molar-refractivity contribution in [3.05, 3.63) is 59.7 Å². The van der Waals surface area contributed by atoms with Crippen LogP contribution in [0.25, 0.3) is 0 Å². The second-order valence-corrected chi connectivity index (χ2v) is 11.8. The first-order chi connectivity index (χ1) is 11.9. The van der Waals surface area contributed by atoms with Crippen molar-refractivity contribution in [2.45, 2.75) is 44.8 Å². The summed E-state index contributed by atoms with van der Waals surface area (Å²) < 4.78 is 11.9. The van der Waals surface area contributed by atoms with Gasteiger partial charge in [0.05, 0.1) is 12.7 Å². The van der Waals surface area contributed by atoms with Gasteiger partial charge in [0.1, 0.15) is 17.6 Å². The van der Waals surface area contributed by atoms with Crippen molar-refractivity contribution in [2.75, 3.05) is 7.11 Å². The number of methoxy groups -OCH3 is 1. The monoisotopic (exact) mass is 353 g/mol. The Kier molecular flexibility index (Phi) is 6.27. The van der Waals surface area contributed by atoms with Crippen molar-refractivity contribution in [3.63, 3.8) is 0 Å². The average Bonchev–Trinajstić information content (AvgIpc) is 2.61. The van der Waals surface area contributed by atoms with Gasteiger partial charge in [-0.2, -0.15) is 5.26 Å². The van der Waals surface area contributed by atoms with E-state index in [4.69, 9.17) is 9.16 Å². The molecule has 25 heavy (non-hydrogen) atoms. The zero-order chi connectivity index (χ0) is 18.4. The molecule has 2 aromatic carbocycles. The smallest absolute Gasteiger partial charge is 0.260 e. The minimum atomic E-state index is -2.20. The lowest BCUT2D eigenvalue weighted by Gasteiger charge is -2.39. The molecule has 0 aliphatic carbocycles. The van der Waals surface area contributed by atoms with Gasteiger partial charge in [0, 0.05) is 12.1 Å². The first-order valence-corrected chi connectivity index (χ1v) is 11.0. The summed E-state index contributed by atoms with van der Waals surface area (Å²) >= 11 is 0. The van der Waals surface area contributed by atoms with Crippen molar-refractivity contribution in [2.24, 2.45) is 0 Å². The summed E-state index contributed by atoms with van der Waals surface area (Å²) in [6, 6.07) is 19.2. The van der Waals surface area contributed by atoms with Crippen molar-refractivity contribution in [3.8, 4) is 17.6 Å². The van der Waals surface area contributed by atoms with Gasteiger partial charge in [-0.3, -0.25) is 0 Å². The normalized spacial score (nSPS) is 11.4. The molecule has 0 amide bonds. The highest BCUT2D eigenvalue weighted by atomic mass is 28.4. The highest BCUT2D eigenvalue weighted by Gasteiger charge is 2.44. The number of rotatable bonds is 7. The maximum absolute atomic E-state index is 9.53. The second-order valence-electron chi connectivity index (χ2n) is 7.00. The largest absolute Gasteiger partial charge is 0.542 e. The van der Waals surface area contributed by atoms with Crippen LogP contribution < -0.4 is 9.16 Å². The fourth-order valence-corrected chi connectivity index (χ4v) is 7.43. The van der Waals surface area contributed by atoms with Crippen LogP contribution in [0.5, 0.6) is 11.5 Å². The molecule has 3 nitrogen and oxygen atoms in total. The molecule has 132 valence electrons. The van der Waals surface area contributed by atoms with Crippen LogP contribution in [0.2, 0.25) is 11.1 Å². The summed E-state index contributed by atoms with van der Waals surface area (Å²) in [7, 11) is -0.594. The molecule has 0 bridgehead atoms. The topological polar surface area (TPSA) is 42.2 Å². The van der Waals surface area contributed by atoms with Gasteiger partial charge in [0.15, 0.2) is 0 Å². The molecule has 0 fully saturated rings. The Hall–Kier alpha value is -2.25. The Bertz CT molecular complexity index is 727. The Morgan fingerprint density at radius 2 is 1.64 bits per heavy atom. The van der Waals surface area contributed by atoms with E-state index in [9.17, 15) is 5.26 Å². The Labute approximate surface area is 152 Å². The van der Waals surface area contributed by atoms with Crippen molar-refractivity contribution in [1.29, 1.82) is 5.26 Å². The summed E-state index contributed by atoms with van der Waals surface area (Å²) in [5.41, 5.74) is 2.66. The van der Waals surface area contributed by atoms with E-state index in [1.54, 1.807) is 13.2 Å². The maximum atomic E-state index is 9.53. The summed E-state index contributed by atoms with van der Waals surface area (Å²) in [5, 5.41) is 9.53. The molecule has 0 heterocycles. The van der Waals surface area contributed by atoms with Crippen LogP contribution in [0.4, 0.5) is 0 Å². The van der Waals surface area contributed by atoms with Gasteiger partial charge >= 0.3 is 0 Å². The van der Waals surface area contributed by atoms with Gasteiger partial charge in [-0.1, -0.05) is 58.0 Å². The van der Waals surface area contributed by atoms with Crippen LogP contribution in [0, 0.1) is 11.3 Å². The van der Waals surface area contributed by atoms with Crippen LogP contribution in [0.1, 0.15) is 38.8 Å². The zero-order valence-corrected chi connectivity index (χ0v) is 16.7. The number of benzene rings is 2. The molecule has 4 heteroatoms. The number of hydrogen-bond acceptors (Lipinski definition) is 3. The number of nitriles is 1. The Balaban J connectivity index is 2.45. The van der Waals surface area contributed by atoms with E-state index >= 15 is 0 Å². The SMILES string of the molecule is COc1ccc(O[Si](Cc2ccccc2)(C(C)C)C(C)C)c(C#N)c1. The molecule has 0 saturated heterocycles. The van der Waals surface area contributed by atoms with Crippen molar-refractivity contribution < 1.29 is 9.16 Å². The number of hydrogen-bond donors (Lipinski definition) is 0. The van der Waals surface area contributed by atoms with E-state index < -0.39 is 8.32 Å². The standard InChI is InChI=1S/C21H27NO2Si/c1-16(2)25(17(3)4,15-18-9-7-6-8-10-18)24-21-12-11-20(23-5)13-19(21)14-22/h6-13,16-17H,15H2,1-5H3. The molecule has 0 saturated carbocycles. The average molecular weight is 354 g/mol. The van der Waals surface area contributed by atoms with E-state index in [1.807, 2.05) is 18.2 Å². The molecule has 2 rings (SSSR count).